The maximum atomic E-state index is 5.91. The van der Waals surface area contributed by atoms with Crippen LogP contribution in [0.3, 0.4) is 0 Å². The predicted octanol–water partition coefficient (Wildman–Crippen LogP) is 2.52. The number of rotatable bonds is 1. The fourth-order valence-corrected chi connectivity index (χ4v) is 2.69. The lowest BCUT2D eigenvalue weighted by Gasteiger charge is -2.19. The molecule has 1 fully saturated rings. The van der Waals surface area contributed by atoms with E-state index in [2.05, 4.69) is 24.3 Å². The number of hydrogen-bond acceptors (Lipinski definition) is 4. The predicted molar refractivity (Wildman–Crippen MR) is 74.1 cm³/mol. The smallest absolute Gasteiger partial charge is 0.0916 e. The normalized spacial score (nSPS) is 23.9. The fourth-order valence-electron chi connectivity index (χ4n) is 1.79. The second-order valence-corrected chi connectivity index (χ2v) is 5.22. The first-order chi connectivity index (χ1) is 8.97. The van der Waals surface area contributed by atoms with E-state index in [4.69, 9.17) is 14.2 Å². The Bertz CT molecular complexity index is 306. The molecule has 1 unspecified atom stereocenters. The summed E-state index contributed by atoms with van der Waals surface area (Å²) in [5, 5.41) is 0. The van der Waals surface area contributed by atoms with Gasteiger partial charge in [-0.25, -0.2) is 0 Å². The highest BCUT2D eigenvalue weighted by molar-refractivity contribution is 7.99. The van der Waals surface area contributed by atoms with E-state index < -0.39 is 0 Å². The van der Waals surface area contributed by atoms with Crippen LogP contribution in [0.15, 0.2) is 30.3 Å². The van der Waals surface area contributed by atoms with Gasteiger partial charge in [0, 0.05) is 11.5 Å². The highest BCUT2D eigenvalue weighted by Crippen LogP contribution is 2.22. The van der Waals surface area contributed by atoms with E-state index in [-0.39, 0.29) is 6.10 Å². The maximum Gasteiger partial charge on any atom is 0.0916 e. The van der Waals surface area contributed by atoms with Crippen LogP contribution in [-0.4, -0.2) is 44.5 Å². The second kappa shape index (κ2) is 8.53. The van der Waals surface area contributed by atoms with Gasteiger partial charge in [0.15, 0.2) is 0 Å². The Morgan fingerprint density at radius 3 is 2.44 bits per heavy atom. The van der Waals surface area contributed by atoms with Gasteiger partial charge < -0.3 is 14.2 Å². The Hall–Kier alpha value is -0.550. The minimum atomic E-state index is 0.152. The van der Waals surface area contributed by atoms with Gasteiger partial charge >= 0.3 is 0 Å². The zero-order chi connectivity index (χ0) is 12.5. The maximum absolute atomic E-state index is 5.91. The molecular weight excluding hydrogens is 248 g/mol. The van der Waals surface area contributed by atoms with E-state index in [1.807, 2.05) is 17.8 Å². The third-order valence-electron chi connectivity index (χ3n) is 2.73. The van der Waals surface area contributed by atoms with Crippen molar-refractivity contribution in [3.05, 3.63) is 35.9 Å². The molecule has 0 bridgehead atoms. The summed E-state index contributed by atoms with van der Waals surface area (Å²) in [4.78, 5) is 0. The number of ether oxygens (including phenoxy) is 3. The van der Waals surface area contributed by atoms with Crippen LogP contribution < -0.4 is 0 Å². The van der Waals surface area contributed by atoms with Gasteiger partial charge in [-0.2, -0.15) is 11.8 Å². The van der Waals surface area contributed by atoms with Crippen molar-refractivity contribution in [1.29, 1.82) is 0 Å². The van der Waals surface area contributed by atoms with Gasteiger partial charge in [0.2, 0.25) is 0 Å². The summed E-state index contributed by atoms with van der Waals surface area (Å²) < 4.78 is 16.8. The molecule has 1 aromatic carbocycles. The van der Waals surface area contributed by atoms with Crippen LogP contribution in [0.5, 0.6) is 0 Å². The van der Waals surface area contributed by atoms with E-state index in [1.54, 1.807) is 0 Å². The minimum absolute atomic E-state index is 0.152. The van der Waals surface area contributed by atoms with Gasteiger partial charge in [-0.05, 0) is 5.56 Å². The van der Waals surface area contributed by atoms with E-state index in [9.17, 15) is 0 Å². The monoisotopic (exact) mass is 268 g/mol. The first kappa shape index (κ1) is 13.9. The highest BCUT2D eigenvalue weighted by atomic mass is 32.2. The molecule has 0 radical (unpaired) electrons. The van der Waals surface area contributed by atoms with E-state index in [0.29, 0.717) is 26.4 Å². The summed E-state index contributed by atoms with van der Waals surface area (Å²) in [5.41, 5.74) is 1.24. The molecule has 2 rings (SSSR count). The Kier molecular flexibility index (Phi) is 6.58. The molecule has 0 spiro atoms. The molecule has 1 aromatic rings. The standard InChI is InChI=1S/C14H20O3S/c1-2-4-13(5-3-1)14-12-18-11-10-16-7-6-15-8-9-17-14/h1-5,14H,6-12H2. The third-order valence-corrected chi connectivity index (χ3v) is 3.73. The van der Waals surface area contributed by atoms with Gasteiger partial charge in [0.05, 0.1) is 39.1 Å². The molecular formula is C14H20O3S. The van der Waals surface area contributed by atoms with Gasteiger partial charge in [0.25, 0.3) is 0 Å². The Labute approximate surface area is 113 Å². The van der Waals surface area contributed by atoms with Crippen molar-refractivity contribution in [2.75, 3.05) is 44.5 Å². The van der Waals surface area contributed by atoms with Crippen molar-refractivity contribution < 1.29 is 14.2 Å². The molecule has 0 amide bonds. The molecule has 0 N–H and O–H groups in total. The lowest BCUT2D eigenvalue weighted by Crippen LogP contribution is -2.16. The van der Waals surface area contributed by atoms with Gasteiger partial charge in [-0.15, -0.1) is 0 Å². The van der Waals surface area contributed by atoms with Crippen molar-refractivity contribution in [1.82, 2.24) is 0 Å². The topological polar surface area (TPSA) is 27.7 Å². The van der Waals surface area contributed by atoms with Gasteiger partial charge in [-0.3, -0.25) is 0 Å². The zero-order valence-electron chi connectivity index (χ0n) is 10.5. The molecule has 0 saturated carbocycles. The van der Waals surface area contributed by atoms with Crippen molar-refractivity contribution >= 4 is 11.8 Å². The van der Waals surface area contributed by atoms with E-state index in [1.165, 1.54) is 5.56 Å². The Balaban J connectivity index is 1.89. The molecule has 1 atom stereocenters. The molecule has 1 heterocycles. The zero-order valence-corrected chi connectivity index (χ0v) is 11.4. The van der Waals surface area contributed by atoms with Gasteiger partial charge in [-0.1, -0.05) is 30.3 Å². The lowest BCUT2D eigenvalue weighted by molar-refractivity contribution is -0.00521. The largest absolute Gasteiger partial charge is 0.378 e. The minimum Gasteiger partial charge on any atom is -0.378 e. The van der Waals surface area contributed by atoms with E-state index in [0.717, 1.165) is 18.1 Å². The average molecular weight is 268 g/mol. The van der Waals surface area contributed by atoms with Crippen LogP contribution in [0.2, 0.25) is 0 Å². The summed E-state index contributed by atoms with van der Waals surface area (Å²) in [7, 11) is 0. The molecule has 4 heteroatoms. The molecule has 1 saturated heterocycles. The SMILES string of the molecule is c1ccc(C2CSCCOCCOCCO2)cc1. The van der Waals surface area contributed by atoms with Crippen LogP contribution in [0, 0.1) is 0 Å². The first-order valence-electron chi connectivity index (χ1n) is 6.36. The van der Waals surface area contributed by atoms with Gasteiger partial charge in [0.1, 0.15) is 0 Å². The van der Waals surface area contributed by atoms with Crippen LogP contribution in [-0.2, 0) is 14.2 Å². The lowest BCUT2D eigenvalue weighted by atomic mass is 10.1. The number of hydrogen-bond donors (Lipinski definition) is 0. The number of benzene rings is 1. The molecule has 1 aliphatic heterocycles. The molecule has 3 nitrogen and oxygen atoms in total. The summed E-state index contributed by atoms with van der Waals surface area (Å²) in [6.07, 6.45) is 0.152. The molecule has 0 aromatic heterocycles. The summed E-state index contributed by atoms with van der Waals surface area (Å²) >= 11 is 1.88. The van der Waals surface area contributed by atoms with Crippen molar-refractivity contribution in [3.8, 4) is 0 Å². The highest BCUT2D eigenvalue weighted by Gasteiger charge is 2.12. The van der Waals surface area contributed by atoms with Crippen molar-refractivity contribution in [2.24, 2.45) is 0 Å². The van der Waals surface area contributed by atoms with Crippen LogP contribution in [0.25, 0.3) is 0 Å². The van der Waals surface area contributed by atoms with E-state index >= 15 is 0 Å². The molecule has 100 valence electrons. The first-order valence-corrected chi connectivity index (χ1v) is 7.52. The van der Waals surface area contributed by atoms with Crippen molar-refractivity contribution in [2.45, 2.75) is 6.10 Å². The Morgan fingerprint density at radius 1 is 0.889 bits per heavy atom. The quantitative estimate of drug-likeness (QED) is 0.782. The average Bonchev–Trinajstić information content (AvgIpc) is 2.40. The number of thioether (sulfide) groups is 1. The second-order valence-electron chi connectivity index (χ2n) is 4.07. The summed E-state index contributed by atoms with van der Waals surface area (Å²) in [5.74, 6) is 1.97. The Morgan fingerprint density at radius 2 is 1.61 bits per heavy atom. The van der Waals surface area contributed by atoms with Crippen molar-refractivity contribution in [3.63, 3.8) is 0 Å². The summed E-state index contributed by atoms with van der Waals surface area (Å²) in [6.45, 7) is 3.40. The van der Waals surface area contributed by atoms with Crippen LogP contribution >= 0.6 is 11.8 Å². The molecule has 18 heavy (non-hydrogen) atoms. The fraction of sp³-hybridized carbons (Fsp3) is 0.571. The summed E-state index contributed by atoms with van der Waals surface area (Å²) in [6, 6.07) is 10.4. The molecule has 0 aliphatic carbocycles. The molecule has 1 aliphatic rings. The third kappa shape index (κ3) is 4.98. The van der Waals surface area contributed by atoms with Crippen LogP contribution in [0.4, 0.5) is 0 Å². The van der Waals surface area contributed by atoms with Crippen LogP contribution in [0.1, 0.15) is 11.7 Å².